The molecule has 0 aliphatic carbocycles. The molecule has 132 valence electrons. The average Bonchev–Trinajstić information content (AvgIpc) is 3.29. The number of carbonyl (C=O) groups is 1. The van der Waals surface area contributed by atoms with E-state index in [0.29, 0.717) is 11.6 Å². The topological polar surface area (TPSA) is 56.2 Å². The fourth-order valence-corrected chi connectivity index (χ4v) is 3.93. The number of ether oxygens (including phenoxy) is 1. The molecular weight excluding hydrogens is 346 g/mol. The van der Waals surface area contributed by atoms with E-state index < -0.39 is 0 Å². The minimum atomic E-state index is -0.339. The van der Waals surface area contributed by atoms with Gasteiger partial charge in [-0.2, -0.15) is 0 Å². The Balaban J connectivity index is 1.90. The van der Waals surface area contributed by atoms with E-state index in [1.54, 1.807) is 13.3 Å². The zero-order chi connectivity index (χ0) is 18.1. The van der Waals surface area contributed by atoms with Crippen molar-refractivity contribution in [2.75, 3.05) is 12.4 Å². The van der Waals surface area contributed by atoms with Gasteiger partial charge in [-0.15, -0.1) is 11.3 Å². The molecule has 1 atom stereocenters. The molecule has 1 amide bonds. The lowest BCUT2D eigenvalue weighted by molar-refractivity contribution is -0.119. The van der Waals surface area contributed by atoms with Gasteiger partial charge < -0.3 is 14.6 Å². The Morgan fingerprint density at radius 3 is 2.77 bits per heavy atom. The highest BCUT2D eigenvalue weighted by molar-refractivity contribution is 7.13. The Morgan fingerprint density at radius 1 is 1.23 bits per heavy atom. The smallest absolute Gasteiger partial charge is 0.249 e. The van der Waals surface area contributed by atoms with Crippen LogP contribution < -0.4 is 10.1 Å². The minimum Gasteiger partial charge on any atom is -0.497 e. The van der Waals surface area contributed by atoms with Crippen molar-refractivity contribution in [1.82, 2.24) is 9.55 Å². The van der Waals surface area contributed by atoms with Crippen LogP contribution in [0.4, 0.5) is 5.13 Å². The fraction of sp³-hybridized carbons (Fsp3) is 0.200. The third-order valence-corrected chi connectivity index (χ3v) is 5.27. The lowest BCUT2D eigenvalue weighted by atomic mass is 10.1. The van der Waals surface area contributed by atoms with E-state index in [2.05, 4.69) is 33.1 Å². The van der Waals surface area contributed by atoms with Gasteiger partial charge in [-0.25, -0.2) is 4.98 Å². The van der Waals surface area contributed by atoms with Crippen LogP contribution in [0, 0.1) is 0 Å². The lowest BCUT2D eigenvalue weighted by Gasteiger charge is -2.19. The number of thiazole rings is 1. The molecule has 1 unspecified atom stereocenters. The normalized spacial score (nSPS) is 12.4. The third kappa shape index (κ3) is 2.72. The highest BCUT2D eigenvalue weighted by atomic mass is 32.1. The predicted molar refractivity (Wildman–Crippen MR) is 106 cm³/mol. The lowest BCUT2D eigenvalue weighted by Crippen LogP contribution is -2.25. The molecule has 0 saturated carbocycles. The van der Waals surface area contributed by atoms with E-state index in [9.17, 15) is 4.79 Å². The van der Waals surface area contributed by atoms with Crippen molar-refractivity contribution in [3.05, 3.63) is 54.0 Å². The first-order valence-electron chi connectivity index (χ1n) is 8.50. The molecule has 26 heavy (non-hydrogen) atoms. The van der Waals surface area contributed by atoms with Gasteiger partial charge in [-0.3, -0.25) is 4.79 Å². The average molecular weight is 365 g/mol. The molecule has 4 aromatic rings. The van der Waals surface area contributed by atoms with Crippen LogP contribution in [0.15, 0.2) is 54.0 Å². The second-order valence-electron chi connectivity index (χ2n) is 6.02. The molecule has 0 saturated heterocycles. The van der Waals surface area contributed by atoms with Gasteiger partial charge in [0.05, 0.1) is 12.6 Å². The number of carbonyl (C=O) groups excluding carboxylic acids is 1. The summed E-state index contributed by atoms with van der Waals surface area (Å²) < 4.78 is 7.52. The number of hydrogen-bond acceptors (Lipinski definition) is 4. The first-order chi connectivity index (χ1) is 12.7. The number of methoxy groups -OCH3 is 1. The molecule has 4 rings (SSSR count). The number of anilines is 1. The number of hydrogen-bond donors (Lipinski definition) is 1. The van der Waals surface area contributed by atoms with Crippen LogP contribution in [-0.4, -0.2) is 22.6 Å². The standard InChI is InChI=1S/C20H19N3O2S/c1-3-16(19(24)22-20-21-10-11-26-20)23-17-7-5-4-6-14(17)15-9-8-13(25-2)12-18(15)23/h4-12,16H,3H2,1-2H3,(H,21,22,24). The third-order valence-electron chi connectivity index (χ3n) is 4.58. The van der Waals surface area contributed by atoms with E-state index >= 15 is 0 Å². The number of rotatable bonds is 5. The summed E-state index contributed by atoms with van der Waals surface area (Å²) in [4.78, 5) is 17.1. The monoisotopic (exact) mass is 365 g/mol. The fourth-order valence-electron chi connectivity index (χ4n) is 3.40. The highest BCUT2D eigenvalue weighted by Gasteiger charge is 2.24. The van der Waals surface area contributed by atoms with Crippen LogP contribution in [0.3, 0.4) is 0 Å². The van der Waals surface area contributed by atoms with Crippen LogP contribution in [0.2, 0.25) is 0 Å². The van der Waals surface area contributed by atoms with Crippen molar-refractivity contribution in [1.29, 1.82) is 0 Å². The van der Waals surface area contributed by atoms with Crippen LogP contribution in [0.5, 0.6) is 5.75 Å². The number of nitrogens with one attached hydrogen (secondary N) is 1. The quantitative estimate of drug-likeness (QED) is 0.550. The van der Waals surface area contributed by atoms with E-state index in [-0.39, 0.29) is 11.9 Å². The maximum atomic E-state index is 13.0. The maximum Gasteiger partial charge on any atom is 0.249 e. The van der Waals surface area contributed by atoms with Gasteiger partial charge in [0, 0.05) is 33.9 Å². The molecule has 1 N–H and O–H groups in total. The number of aromatic nitrogens is 2. The summed E-state index contributed by atoms with van der Waals surface area (Å²) in [5, 5.41) is 7.65. The summed E-state index contributed by atoms with van der Waals surface area (Å²) >= 11 is 1.42. The summed E-state index contributed by atoms with van der Waals surface area (Å²) in [5.41, 5.74) is 2.03. The molecule has 0 radical (unpaired) electrons. The van der Waals surface area contributed by atoms with Gasteiger partial charge in [0.2, 0.25) is 5.91 Å². The summed E-state index contributed by atoms with van der Waals surface area (Å²) in [6.07, 6.45) is 2.36. The summed E-state index contributed by atoms with van der Waals surface area (Å²) in [5.74, 6) is 0.713. The van der Waals surface area contributed by atoms with Gasteiger partial charge >= 0.3 is 0 Å². The Kier molecular flexibility index (Phi) is 4.34. The van der Waals surface area contributed by atoms with Gasteiger partial charge in [-0.05, 0) is 24.6 Å². The minimum absolute atomic E-state index is 0.0621. The van der Waals surface area contributed by atoms with Crippen molar-refractivity contribution >= 4 is 44.2 Å². The zero-order valence-corrected chi connectivity index (χ0v) is 15.4. The molecule has 0 fully saturated rings. The van der Waals surface area contributed by atoms with E-state index in [1.807, 2.05) is 36.6 Å². The van der Waals surface area contributed by atoms with E-state index in [1.165, 1.54) is 11.3 Å². The molecule has 0 bridgehead atoms. The molecule has 0 aliphatic heterocycles. The summed E-state index contributed by atoms with van der Waals surface area (Å²) in [7, 11) is 1.65. The number of benzene rings is 2. The Labute approximate surface area is 155 Å². The maximum absolute atomic E-state index is 13.0. The largest absolute Gasteiger partial charge is 0.497 e. The Hall–Kier alpha value is -2.86. The van der Waals surface area contributed by atoms with Crippen molar-refractivity contribution < 1.29 is 9.53 Å². The molecular formula is C20H19N3O2S. The molecule has 5 nitrogen and oxygen atoms in total. The van der Waals surface area contributed by atoms with Crippen LogP contribution in [-0.2, 0) is 4.79 Å². The van der Waals surface area contributed by atoms with Crippen molar-refractivity contribution in [2.24, 2.45) is 0 Å². The number of para-hydroxylation sites is 1. The SMILES string of the molecule is CCC(C(=O)Nc1nccs1)n1c2ccccc2c2ccc(OC)cc21. The Bertz CT molecular complexity index is 1070. The molecule has 2 heterocycles. The van der Waals surface area contributed by atoms with Gasteiger partial charge in [-0.1, -0.05) is 25.1 Å². The number of amides is 1. The van der Waals surface area contributed by atoms with Crippen molar-refractivity contribution in [3.8, 4) is 5.75 Å². The second kappa shape index (κ2) is 6.80. The van der Waals surface area contributed by atoms with Crippen LogP contribution in [0.25, 0.3) is 21.8 Å². The van der Waals surface area contributed by atoms with Crippen molar-refractivity contribution in [3.63, 3.8) is 0 Å². The first-order valence-corrected chi connectivity index (χ1v) is 9.38. The van der Waals surface area contributed by atoms with Gasteiger partial charge in [0.15, 0.2) is 5.13 Å². The molecule has 2 aromatic carbocycles. The molecule has 0 spiro atoms. The Morgan fingerprint density at radius 2 is 2.04 bits per heavy atom. The van der Waals surface area contributed by atoms with Crippen LogP contribution >= 0.6 is 11.3 Å². The first kappa shape index (κ1) is 16.6. The zero-order valence-electron chi connectivity index (χ0n) is 14.6. The predicted octanol–water partition coefficient (Wildman–Crippen LogP) is 4.85. The molecule has 6 heteroatoms. The van der Waals surface area contributed by atoms with E-state index in [4.69, 9.17) is 4.74 Å². The number of nitrogens with zero attached hydrogens (tertiary/aromatic N) is 2. The number of fused-ring (bicyclic) bond motifs is 3. The van der Waals surface area contributed by atoms with Crippen LogP contribution in [0.1, 0.15) is 19.4 Å². The summed E-state index contributed by atoms with van der Waals surface area (Å²) in [6, 6.07) is 13.8. The molecule has 2 aromatic heterocycles. The second-order valence-corrected chi connectivity index (χ2v) is 6.92. The molecule has 0 aliphatic rings. The van der Waals surface area contributed by atoms with Gasteiger partial charge in [0.25, 0.3) is 0 Å². The van der Waals surface area contributed by atoms with E-state index in [0.717, 1.165) is 27.6 Å². The summed E-state index contributed by atoms with van der Waals surface area (Å²) in [6.45, 7) is 2.02. The van der Waals surface area contributed by atoms with Gasteiger partial charge in [0.1, 0.15) is 11.8 Å². The highest BCUT2D eigenvalue weighted by Crippen LogP contribution is 2.35. The van der Waals surface area contributed by atoms with Crippen molar-refractivity contribution in [2.45, 2.75) is 19.4 Å².